The van der Waals surface area contributed by atoms with Crippen molar-refractivity contribution in [3.05, 3.63) is 94.8 Å². The maximum atomic E-state index is 12.9. The highest BCUT2D eigenvalue weighted by Gasteiger charge is 2.02. The number of rotatable bonds is 8. The molecule has 0 aromatic heterocycles. The summed E-state index contributed by atoms with van der Waals surface area (Å²) in [6, 6.07) is 20.8. The molecular formula is C22H18ClFN2O2S. The number of hydrogen-bond donors (Lipinski definition) is 1. The van der Waals surface area contributed by atoms with Gasteiger partial charge in [-0.25, -0.2) is 9.82 Å². The van der Waals surface area contributed by atoms with Crippen molar-refractivity contribution in [1.29, 1.82) is 0 Å². The van der Waals surface area contributed by atoms with Crippen LogP contribution >= 0.6 is 23.4 Å². The van der Waals surface area contributed by atoms with Crippen LogP contribution in [0, 0.1) is 5.82 Å². The number of hydrazone groups is 1. The molecule has 0 aliphatic rings. The first kappa shape index (κ1) is 20.9. The van der Waals surface area contributed by atoms with E-state index < -0.39 is 0 Å². The molecule has 0 aliphatic carbocycles. The first-order valence-corrected chi connectivity index (χ1v) is 10.1. The Bertz CT molecular complexity index is 962. The first-order valence-electron chi connectivity index (χ1n) is 8.76. The fourth-order valence-corrected chi connectivity index (χ4v) is 3.11. The summed E-state index contributed by atoms with van der Waals surface area (Å²) in [5.74, 6) is 0.484. The van der Waals surface area contributed by atoms with Gasteiger partial charge in [0.2, 0.25) is 5.91 Å². The third-order valence-corrected chi connectivity index (χ3v) is 5.05. The molecule has 0 fully saturated rings. The number of amides is 1. The van der Waals surface area contributed by atoms with E-state index in [4.69, 9.17) is 16.3 Å². The Balaban J connectivity index is 1.41. The lowest BCUT2D eigenvalue weighted by Gasteiger charge is -2.06. The van der Waals surface area contributed by atoms with E-state index in [1.165, 1.54) is 23.9 Å². The van der Waals surface area contributed by atoms with Crippen molar-refractivity contribution in [2.75, 3.05) is 5.75 Å². The van der Waals surface area contributed by atoms with Crippen molar-refractivity contribution in [2.45, 2.75) is 11.5 Å². The number of nitrogens with zero attached hydrogens (tertiary/aromatic N) is 1. The number of hydrogen-bond acceptors (Lipinski definition) is 4. The molecule has 0 aliphatic heterocycles. The third-order valence-electron chi connectivity index (χ3n) is 3.79. The van der Waals surface area contributed by atoms with E-state index in [-0.39, 0.29) is 17.5 Å². The zero-order valence-electron chi connectivity index (χ0n) is 15.3. The SMILES string of the molecule is O=C(CSc1ccc(Cl)cc1)N/N=C/c1ccc(OCc2ccc(F)cc2)cc1. The molecule has 0 radical (unpaired) electrons. The molecule has 1 amide bonds. The number of halogens is 2. The lowest BCUT2D eigenvalue weighted by molar-refractivity contribution is -0.118. The summed E-state index contributed by atoms with van der Waals surface area (Å²) in [7, 11) is 0. The minimum absolute atomic E-state index is 0.194. The predicted molar refractivity (Wildman–Crippen MR) is 115 cm³/mol. The molecule has 0 saturated heterocycles. The summed E-state index contributed by atoms with van der Waals surface area (Å²) in [6.07, 6.45) is 1.56. The van der Waals surface area contributed by atoms with Crippen LogP contribution in [0.4, 0.5) is 4.39 Å². The topological polar surface area (TPSA) is 50.7 Å². The van der Waals surface area contributed by atoms with Crippen molar-refractivity contribution in [3.63, 3.8) is 0 Å². The van der Waals surface area contributed by atoms with E-state index in [1.54, 1.807) is 30.5 Å². The van der Waals surface area contributed by atoms with Crippen LogP contribution in [0.25, 0.3) is 0 Å². The Hall–Kier alpha value is -2.83. The summed E-state index contributed by atoms with van der Waals surface area (Å²) >= 11 is 7.24. The van der Waals surface area contributed by atoms with Crippen LogP contribution in [0.2, 0.25) is 5.02 Å². The van der Waals surface area contributed by atoms with Gasteiger partial charge in [-0.3, -0.25) is 4.79 Å². The van der Waals surface area contributed by atoms with Gasteiger partial charge in [-0.05, 0) is 71.8 Å². The maximum Gasteiger partial charge on any atom is 0.250 e. The van der Waals surface area contributed by atoms with Gasteiger partial charge >= 0.3 is 0 Å². The van der Waals surface area contributed by atoms with E-state index in [9.17, 15) is 9.18 Å². The van der Waals surface area contributed by atoms with Gasteiger partial charge in [-0.1, -0.05) is 23.7 Å². The van der Waals surface area contributed by atoms with E-state index in [0.29, 0.717) is 17.4 Å². The number of carbonyl (C=O) groups is 1. The molecule has 0 heterocycles. The molecule has 0 saturated carbocycles. The van der Waals surface area contributed by atoms with E-state index in [1.807, 2.05) is 36.4 Å². The van der Waals surface area contributed by atoms with E-state index in [2.05, 4.69) is 10.5 Å². The number of benzene rings is 3. The first-order chi connectivity index (χ1) is 14.1. The number of nitrogens with one attached hydrogen (secondary N) is 1. The fraction of sp³-hybridized carbons (Fsp3) is 0.0909. The molecule has 1 N–H and O–H groups in total. The lowest BCUT2D eigenvalue weighted by atomic mass is 10.2. The largest absolute Gasteiger partial charge is 0.489 e. The molecule has 3 aromatic carbocycles. The minimum atomic E-state index is -0.270. The van der Waals surface area contributed by atoms with Crippen LogP contribution in [0.1, 0.15) is 11.1 Å². The average molecular weight is 429 g/mol. The molecule has 29 heavy (non-hydrogen) atoms. The lowest BCUT2D eigenvalue weighted by Crippen LogP contribution is -2.19. The van der Waals surface area contributed by atoms with Gasteiger partial charge in [0, 0.05) is 9.92 Å². The second-order valence-electron chi connectivity index (χ2n) is 6.02. The van der Waals surface area contributed by atoms with Crippen LogP contribution in [0.15, 0.2) is 82.8 Å². The third kappa shape index (κ3) is 7.25. The Labute approximate surface area is 177 Å². The second-order valence-corrected chi connectivity index (χ2v) is 7.51. The molecule has 7 heteroatoms. The van der Waals surface area contributed by atoms with Crippen molar-refractivity contribution in [2.24, 2.45) is 5.10 Å². The summed E-state index contributed by atoms with van der Waals surface area (Å²) in [5.41, 5.74) is 4.21. The number of ether oxygens (including phenoxy) is 1. The van der Waals surface area contributed by atoms with Crippen LogP contribution in [-0.4, -0.2) is 17.9 Å². The summed E-state index contributed by atoms with van der Waals surface area (Å²) < 4.78 is 18.6. The standard InChI is InChI=1S/C22H18ClFN2O2S/c23-18-5-11-21(12-6-18)29-15-22(27)26-25-13-16-3-9-20(10-4-16)28-14-17-1-7-19(24)8-2-17/h1-13H,14-15H2,(H,26,27)/b25-13+. The number of thioether (sulfide) groups is 1. The molecule has 3 rings (SSSR count). The van der Waals surface area contributed by atoms with Crippen LogP contribution in [0.5, 0.6) is 5.75 Å². The Morgan fingerprint density at radius 2 is 1.72 bits per heavy atom. The highest BCUT2D eigenvalue weighted by Crippen LogP contribution is 2.20. The normalized spacial score (nSPS) is 10.8. The van der Waals surface area contributed by atoms with Gasteiger partial charge in [-0.15, -0.1) is 11.8 Å². The van der Waals surface area contributed by atoms with Crippen LogP contribution in [-0.2, 0) is 11.4 Å². The Morgan fingerprint density at radius 3 is 2.41 bits per heavy atom. The minimum Gasteiger partial charge on any atom is -0.489 e. The highest BCUT2D eigenvalue weighted by molar-refractivity contribution is 8.00. The van der Waals surface area contributed by atoms with Crippen LogP contribution in [0.3, 0.4) is 0 Å². The number of carbonyl (C=O) groups excluding carboxylic acids is 1. The highest BCUT2D eigenvalue weighted by atomic mass is 35.5. The molecule has 0 bridgehead atoms. The summed E-state index contributed by atoms with van der Waals surface area (Å²) in [4.78, 5) is 12.8. The van der Waals surface area contributed by atoms with Gasteiger partial charge in [0.1, 0.15) is 18.2 Å². The molecular weight excluding hydrogens is 411 g/mol. The monoisotopic (exact) mass is 428 g/mol. The molecule has 0 unspecified atom stereocenters. The van der Waals surface area contributed by atoms with Crippen molar-refractivity contribution in [3.8, 4) is 5.75 Å². The summed E-state index contributed by atoms with van der Waals surface area (Å²) in [5, 5.41) is 4.63. The zero-order valence-corrected chi connectivity index (χ0v) is 16.9. The molecule has 3 aromatic rings. The van der Waals surface area contributed by atoms with Gasteiger partial charge in [0.05, 0.1) is 12.0 Å². The van der Waals surface area contributed by atoms with E-state index >= 15 is 0 Å². The van der Waals surface area contributed by atoms with Crippen molar-refractivity contribution >= 4 is 35.5 Å². The Morgan fingerprint density at radius 1 is 1.03 bits per heavy atom. The van der Waals surface area contributed by atoms with Crippen molar-refractivity contribution in [1.82, 2.24) is 5.43 Å². The van der Waals surface area contributed by atoms with Crippen molar-refractivity contribution < 1.29 is 13.9 Å². The fourth-order valence-electron chi connectivity index (χ4n) is 2.29. The Kier molecular flexibility index (Phi) is 7.67. The average Bonchev–Trinajstić information content (AvgIpc) is 2.74. The predicted octanol–water partition coefficient (Wildman–Crippen LogP) is 5.30. The summed E-state index contributed by atoms with van der Waals surface area (Å²) in [6.45, 7) is 0.356. The van der Waals surface area contributed by atoms with Crippen LogP contribution < -0.4 is 10.2 Å². The molecule has 148 valence electrons. The quantitative estimate of drug-likeness (QED) is 0.301. The van der Waals surface area contributed by atoms with Gasteiger partial charge < -0.3 is 4.74 Å². The van der Waals surface area contributed by atoms with Gasteiger partial charge in [0.15, 0.2) is 0 Å². The molecule has 0 spiro atoms. The van der Waals surface area contributed by atoms with Gasteiger partial charge in [0.25, 0.3) is 0 Å². The molecule has 0 atom stereocenters. The molecule has 4 nitrogen and oxygen atoms in total. The van der Waals surface area contributed by atoms with E-state index in [0.717, 1.165) is 16.0 Å². The smallest absolute Gasteiger partial charge is 0.250 e. The maximum absolute atomic E-state index is 12.9. The van der Waals surface area contributed by atoms with Gasteiger partial charge in [-0.2, -0.15) is 5.10 Å². The second kappa shape index (κ2) is 10.6. The zero-order chi connectivity index (χ0) is 20.5.